The summed E-state index contributed by atoms with van der Waals surface area (Å²) in [6.07, 6.45) is 0. The van der Waals surface area contributed by atoms with Gasteiger partial charge in [-0.15, -0.1) is 0 Å². The minimum atomic E-state index is 0.490. The van der Waals surface area contributed by atoms with Gasteiger partial charge in [0.25, 0.3) is 0 Å². The van der Waals surface area contributed by atoms with Crippen LogP contribution in [0, 0.1) is 5.92 Å². The first-order chi connectivity index (χ1) is 6.77. The second kappa shape index (κ2) is 3.82. The minimum absolute atomic E-state index is 0.490. The predicted molar refractivity (Wildman–Crippen MR) is 59.3 cm³/mol. The number of rotatable bonds is 1. The molecule has 0 saturated carbocycles. The van der Waals surface area contributed by atoms with Crippen molar-refractivity contribution >= 4 is 5.84 Å². The molecule has 1 N–H and O–H groups in total. The smallest absolute Gasteiger partial charge is 0.0995 e. The van der Waals surface area contributed by atoms with E-state index >= 15 is 0 Å². The van der Waals surface area contributed by atoms with E-state index in [4.69, 9.17) is 0 Å². The van der Waals surface area contributed by atoms with Crippen molar-refractivity contribution in [2.24, 2.45) is 10.9 Å². The molecule has 0 aromatic heterocycles. The number of amidine groups is 1. The highest BCUT2D eigenvalue weighted by Crippen LogP contribution is 2.13. The third-order valence-electron chi connectivity index (χ3n) is 2.54. The zero-order valence-electron chi connectivity index (χ0n) is 8.75. The van der Waals surface area contributed by atoms with Gasteiger partial charge in [0.2, 0.25) is 0 Å². The normalized spacial score (nSPS) is 15.5. The van der Waals surface area contributed by atoms with Gasteiger partial charge in [-0.1, -0.05) is 38.1 Å². The number of hydrogen-bond acceptors (Lipinski definition) is 2. The van der Waals surface area contributed by atoms with Crippen LogP contribution in [0.3, 0.4) is 0 Å². The summed E-state index contributed by atoms with van der Waals surface area (Å²) < 4.78 is 0. The lowest BCUT2D eigenvalue weighted by Crippen LogP contribution is -2.26. The van der Waals surface area contributed by atoms with Gasteiger partial charge in [-0.2, -0.15) is 0 Å². The largest absolute Gasteiger partial charge is 0.370 e. The van der Waals surface area contributed by atoms with Crippen LogP contribution in [0.2, 0.25) is 0 Å². The molecular formula is C12H16N2. The van der Waals surface area contributed by atoms with Crippen LogP contribution in [0.15, 0.2) is 29.3 Å². The van der Waals surface area contributed by atoms with Crippen LogP contribution in [0.25, 0.3) is 0 Å². The molecule has 0 radical (unpaired) electrons. The first kappa shape index (κ1) is 9.25. The summed E-state index contributed by atoms with van der Waals surface area (Å²) in [6, 6.07) is 8.49. The molecule has 0 amide bonds. The molecule has 0 atom stereocenters. The predicted octanol–water partition coefficient (Wildman–Crippen LogP) is 2.34. The van der Waals surface area contributed by atoms with Crippen LogP contribution in [0.1, 0.15) is 25.0 Å². The molecule has 1 aliphatic heterocycles. The Morgan fingerprint density at radius 1 is 1.21 bits per heavy atom. The monoisotopic (exact) mass is 188 g/mol. The van der Waals surface area contributed by atoms with E-state index in [-0.39, 0.29) is 0 Å². The van der Waals surface area contributed by atoms with Gasteiger partial charge < -0.3 is 5.32 Å². The molecule has 1 heterocycles. The molecule has 1 aromatic rings. The lowest BCUT2D eigenvalue weighted by Gasteiger charge is -2.10. The van der Waals surface area contributed by atoms with Crippen molar-refractivity contribution < 1.29 is 0 Å². The second-order valence-corrected chi connectivity index (χ2v) is 3.98. The van der Waals surface area contributed by atoms with E-state index in [2.05, 4.69) is 48.4 Å². The molecular weight excluding hydrogens is 172 g/mol. The number of nitrogens with one attached hydrogen (secondary N) is 1. The van der Waals surface area contributed by atoms with Crippen LogP contribution in [-0.2, 0) is 13.1 Å². The van der Waals surface area contributed by atoms with E-state index in [1.807, 2.05) is 0 Å². The highest BCUT2D eigenvalue weighted by molar-refractivity contribution is 5.84. The fraction of sp³-hybridized carbons (Fsp3) is 0.417. The van der Waals surface area contributed by atoms with E-state index in [0.717, 1.165) is 18.9 Å². The van der Waals surface area contributed by atoms with Gasteiger partial charge in [0.15, 0.2) is 0 Å². The average Bonchev–Trinajstić information content (AvgIpc) is 2.39. The first-order valence-electron chi connectivity index (χ1n) is 5.12. The zero-order valence-corrected chi connectivity index (χ0v) is 8.75. The summed E-state index contributed by atoms with van der Waals surface area (Å²) in [6.45, 7) is 6.06. The zero-order chi connectivity index (χ0) is 9.97. The molecule has 0 unspecified atom stereocenters. The molecule has 0 bridgehead atoms. The first-order valence-corrected chi connectivity index (χ1v) is 5.12. The molecule has 1 aliphatic rings. The summed E-state index contributed by atoms with van der Waals surface area (Å²) in [5.74, 6) is 1.62. The number of nitrogens with zero attached hydrogens (tertiary/aromatic N) is 1. The van der Waals surface area contributed by atoms with Crippen molar-refractivity contribution in [3.8, 4) is 0 Å². The van der Waals surface area contributed by atoms with Gasteiger partial charge in [-0.25, -0.2) is 0 Å². The van der Waals surface area contributed by atoms with Crippen LogP contribution in [0.4, 0.5) is 0 Å². The fourth-order valence-electron chi connectivity index (χ4n) is 1.68. The second-order valence-electron chi connectivity index (χ2n) is 3.98. The van der Waals surface area contributed by atoms with Gasteiger partial charge in [0.05, 0.1) is 12.4 Å². The van der Waals surface area contributed by atoms with Gasteiger partial charge in [0, 0.05) is 12.5 Å². The maximum absolute atomic E-state index is 4.57. The van der Waals surface area contributed by atoms with E-state index in [0.29, 0.717) is 5.92 Å². The molecule has 0 aliphatic carbocycles. The Labute approximate surface area is 85.1 Å². The van der Waals surface area contributed by atoms with Crippen molar-refractivity contribution in [3.05, 3.63) is 35.4 Å². The maximum atomic E-state index is 4.57. The molecule has 2 heteroatoms. The van der Waals surface area contributed by atoms with Crippen molar-refractivity contribution in [3.63, 3.8) is 0 Å². The van der Waals surface area contributed by atoms with Crippen LogP contribution < -0.4 is 5.32 Å². The molecule has 2 nitrogen and oxygen atoms in total. The van der Waals surface area contributed by atoms with E-state index in [1.165, 1.54) is 11.1 Å². The van der Waals surface area contributed by atoms with Crippen LogP contribution in [-0.4, -0.2) is 5.84 Å². The molecule has 2 rings (SSSR count). The molecule has 14 heavy (non-hydrogen) atoms. The van der Waals surface area contributed by atoms with Gasteiger partial charge in [-0.3, -0.25) is 4.99 Å². The number of benzene rings is 1. The lowest BCUT2D eigenvalue weighted by molar-refractivity contribution is 0.790. The highest BCUT2D eigenvalue weighted by atomic mass is 15.0. The van der Waals surface area contributed by atoms with Gasteiger partial charge in [-0.05, 0) is 11.1 Å². The van der Waals surface area contributed by atoms with E-state index in [1.54, 1.807) is 0 Å². The van der Waals surface area contributed by atoms with Gasteiger partial charge in [0.1, 0.15) is 0 Å². The Kier molecular flexibility index (Phi) is 2.53. The van der Waals surface area contributed by atoms with Crippen LogP contribution >= 0.6 is 0 Å². The third-order valence-corrected chi connectivity index (χ3v) is 2.54. The summed E-state index contributed by atoms with van der Waals surface area (Å²) in [4.78, 5) is 4.57. The van der Waals surface area contributed by atoms with Crippen molar-refractivity contribution in [1.29, 1.82) is 0 Å². The Morgan fingerprint density at radius 2 is 1.93 bits per heavy atom. The summed E-state index contributed by atoms with van der Waals surface area (Å²) in [5.41, 5.74) is 2.71. The Morgan fingerprint density at radius 3 is 2.64 bits per heavy atom. The third kappa shape index (κ3) is 1.79. The quantitative estimate of drug-likeness (QED) is 0.718. The summed E-state index contributed by atoms with van der Waals surface area (Å²) in [5, 5.41) is 3.39. The van der Waals surface area contributed by atoms with Crippen LogP contribution in [0.5, 0.6) is 0 Å². The Balaban J connectivity index is 2.24. The number of fused-ring (bicyclic) bond motifs is 1. The SMILES string of the molecule is CC(C)C1=NCc2ccccc2CN1. The Bertz CT molecular complexity index is 353. The highest BCUT2D eigenvalue weighted by Gasteiger charge is 2.10. The van der Waals surface area contributed by atoms with Crippen molar-refractivity contribution in [2.45, 2.75) is 26.9 Å². The molecule has 0 saturated heterocycles. The van der Waals surface area contributed by atoms with E-state index < -0.39 is 0 Å². The molecule has 74 valence electrons. The average molecular weight is 188 g/mol. The van der Waals surface area contributed by atoms with E-state index in [9.17, 15) is 0 Å². The molecule has 0 spiro atoms. The standard InChI is InChI=1S/C12H16N2/c1-9(2)12-13-7-10-5-3-4-6-11(10)8-14-12/h3-6,9H,7-8H2,1-2H3,(H,13,14). The Hall–Kier alpha value is -1.31. The molecule has 1 aromatic carbocycles. The summed E-state index contributed by atoms with van der Waals surface area (Å²) in [7, 11) is 0. The van der Waals surface area contributed by atoms with Crippen molar-refractivity contribution in [1.82, 2.24) is 5.32 Å². The van der Waals surface area contributed by atoms with Gasteiger partial charge >= 0.3 is 0 Å². The number of hydrogen-bond donors (Lipinski definition) is 1. The topological polar surface area (TPSA) is 24.4 Å². The molecule has 0 fully saturated rings. The number of aliphatic imine (C=N–C) groups is 1. The fourth-order valence-corrected chi connectivity index (χ4v) is 1.68. The van der Waals surface area contributed by atoms with Crippen molar-refractivity contribution in [2.75, 3.05) is 0 Å². The maximum Gasteiger partial charge on any atom is 0.0995 e. The minimum Gasteiger partial charge on any atom is -0.370 e. The summed E-state index contributed by atoms with van der Waals surface area (Å²) >= 11 is 0. The lowest BCUT2D eigenvalue weighted by atomic mass is 10.1.